The van der Waals surface area contributed by atoms with E-state index >= 15 is 0 Å². The summed E-state index contributed by atoms with van der Waals surface area (Å²) >= 11 is 0. The molecule has 1 aromatic heterocycles. The van der Waals surface area contributed by atoms with E-state index in [-0.39, 0.29) is 17.1 Å². The molecule has 0 unspecified atom stereocenters. The predicted octanol–water partition coefficient (Wildman–Crippen LogP) is 4.54. The Morgan fingerprint density at radius 1 is 0.676 bits per heavy atom. The van der Waals surface area contributed by atoms with E-state index in [9.17, 15) is 0 Å². The van der Waals surface area contributed by atoms with E-state index < -0.39 is 0 Å². The van der Waals surface area contributed by atoms with Crippen LogP contribution in [0.4, 0.5) is 5.95 Å². The van der Waals surface area contributed by atoms with Gasteiger partial charge in [-0.15, -0.1) is 0 Å². The van der Waals surface area contributed by atoms with Gasteiger partial charge in [0.15, 0.2) is 11.5 Å². The van der Waals surface area contributed by atoms with E-state index in [0.29, 0.717) is 17.2 Å². The average Bonchev–Trinajstić information content (AvgIpc) is 3.67. The number of nitrogens with zero attached hydrogens (tertiary/aromatic N) is 3. The largest absolute Gasteiger partial charge is 2.00 e. The molecule has 7 heteroatoms. The van der Waals surface area contributed by atoms with Crippen molar-refractivity contribution in [2.45, 2.75) is 12.8 Å². The number of rotatable bonds is 6. The van der Waals surface area contributed by atoms with Gasteiger partial charge in [-0.1, -0.05) is 0 Å². The first-order valence-corrected chi connectivity index (χ1v) is 11.1. The molecule has 0 N–H and O–H groups in total. The third-order valence-electron chi connectivity index (χ3n) is 5.58. The number of benzene rings is 1. The second kappa shape index (κ2) is 13.2. The molecule has 1 aromatic carbocycles. The van der Waals surface area contributed by atoms with E-state index in [1.807, 2.05) is 63.1 Å². The summed E-state index contributed by atoms with van der Waals surface area (Å²) in [6.45, 7) is 1.97. The maximum atomic E-state index is 5.51. The summed E-state index contributed by atoms with van der Waals surface area (Å²) < 4.78 is 16.5. The molecule has 1 saturated heterocycles. The fourth-order valence-corrected chi connectivity index (χ4v) is 3.88. The number of hydrogen-bond acceptors (Lipinski definition) is 6. The SMILES string of the molecule is COc1cc(-c2cc([C]3[CH][CH][CH][CH]3)nc(N3CCCC3)n2)cc(OC)c1OC.[CH]1[CH][CH][CH][CH]1.[Fe+2]. The Balaban J connectivity index is 0.000000481. The maximum absolute atomic E-state index is 5.51. The Hall–Kier alpha value is -1.98. The first kappa shape index (κ1) is 26.6. The quantitative estimate of drug-likeness (QED) is 0.544. The van der Waals surface area contributed by atoms with Gasteiger partial charge >= 0.3 is 17.1 Å². The van der Waals surface area contributed by atoms with E-state index in [2.05, 4.69) is 17.7 Å². The molecule has 5 rings (SSSR count). The summed E-state index contributed by atoms with van der Waals surface area (Å²) in [5, 5.41) is 0. The molecule has 34 heavy (non-hydrogen) atoms. The minimum Gasteiger partial charge on any atom is -0.493 e. The number of aromatic nitrogens is 2. The Kier molecular flexibility index (Phi) is 10.3. The van der Waals surface area contributed by atoms with Crippen LogP contribution >= 0.6 is 0 Å². The van der Waals surface area contributed by atoms with Crippen LogP contribution in [0.25, 0.3) is 11.3 Å². The van der Waals surface area contributed by atoms with Crippen molar-refractivity contribution in [2.75, 3.05) is 39.3 Å². The molecule has 0 amide bonds. The molecule has 10 radical (unpaired) electrons. The first-order chi connectivity index (χ1) is 16.2. The summed E-state index contributed by atoms with van der Waals surface area (Å²) in [7, 11) is 4.84. The molecule has 2 aromatic rings. The molecular formula is C27H29FeN3O3+2. The number of ether oxygens (including phenoxy) is 3. The standard InChI is InChI=1S/C22H24N3O3.C5H5.Fe/c1-26-19-12-16(13-20(27-2)21(19)28-3)18-14-17(15-8-4-5-9-15)23-22(24-18)25-10-6-7-11-25;1-2-4-5-3-1;/h4-5,8-9,12-14H,6-7,10-11H2,1-3H3;1-5H;/q;;+2. The van der Waals surface area contributed by atoms with Gasteiger partial charge in [0.2, 0.25) is 11.7 Å². The molecule has 0 spiro atoms. The van der Waals surface area contributed by atoms with Crippen molar-refractivity contribution < 1.29 is 31.3 Å². The van der Waals surface area contributed by atoms with Crippen LogP contribution in [0.1, 0.15) is 18.5 Å². The van der Waals surface area contributed by atoms with E-state index in [4.69, 9.17) is 24.2 Å². The number of anilines is 1. The van der Waals surface area contributed by atoms with E-state index in [1.54, 1.807) is 21.3 Å². The number of methoxy groups -OCH3 is 3. The van der Waals surface area contributed by atoms with Gasteiger partial charge < -0.3 is 19.1 Å². The van der Waals surface area contributed by atoms with Gasteiger partial charge in [-0.05, 0) is 88.8 Å². The summed E-state index contributed by atoms with van der Waals surface area (Å²) in [4.78, 5) is 11.9. The van der Waals surface area contributed by atoms with Crippen molar-refractivity contribution in [1.82, 2.24) is 9.97 Å². The fraction of sp³-hybridized carbons (Fsp3) is 0.259. The predicted molar refractivity (Wildman–Crippen MR) is 130 cm³/mol. The normalized spacial score (nSPS) is 17.7. The number of hydrogen-bond donors (Lipinski definition) is 0. The maximum Gasteiger partial charge on any atom is 2.00 e. The molecule has 6 nitrogen and oxygen atoms in total. The van der Waals surface area contributed by atoms with Gasteiger partial charge in [0, 0.05) is 24.6 Å². The van der Waals surface area contributed by atoms with Crippen LogP contribution in [0, 0.1) is 63.7 Å². The van der Waals surface area contributed by atoms with Gasteiger partial charge in [0.1, 0.15) is 0 Å². The minimum absolute atomic E-state index is 0. The fourth-order valence-electron chi connectivity index (χ4n) is 3.88. The molecule has 1 aliphatic heterocycles. The first-order valence-electron chi connectivity index (χ1n) is 11.1. The molecule has 0 atom stereocenters. The summed E-state index contributed by atoms with van der Waals surface area (Å²) in [5.41, 5.74) is 2.63. The minimum atomic E-state index is 0. The molecule has 2 aliphatic carbocycles. The van der Waals surface area contributed by atoms with Crippen molar-refractivity contribution in [3.63, 3.8) is 0 Å². The third-order valence-corrected chi connectivity index (χ3v) is 5.58. The zero-order chi connectivity index (χ0) is 23.0. The van der Waals surface area contributed by atoms with Crippen molar-refractivity contribution in [3.8, 4) is 28.5 Å². The van der Waals surface area contributed by atoms with Crippen LogP contribution in [0.15, 0.2) is 18.2 Å². The van der Waals surface area contributed by atoms with Gasteiger partial charge in [-0.3, -0.25) is 0 Å². The molecule has 2 saturated carbocycles. The Morgan fingerprint density at radius 2 is 1.21 bits per heavy atom. The topological polar surface area (TPSA) is 56.7 Å². The molecule has 2 heterocycles. The molecular weight excluding hydrogens is 470 g/mol. The van der Waals surface area contributed by atoms with Gasteiger partial charge in [0.05, 0.1) is 32.7 Å². The van der Waals surface area contributed by atoms with Gasteiger partial charge in [-0.25, -0.2) is 9.97 Å². The average molecular weight is 499 g/mol. The van der Waals surface area contributed by atoms with Crippen molar-refractivity contribution in [3.05, 3.63) is 87.6 Å². The zero-order valence-electron chi connectivity index (χ0n) is 19.7. The van der Waals surface area contributed by atoms with Crippen LogP contribution in [0.2, 0.25) is 0 Å². The summed E-state index contributed by atoms with van der Waals surface area (Å²) in [6, 6.07) is 5.86. The van der Waals surface area contributed by atoms with Crippen molar-refractivity contribution >= 4 is 5.95 Å². The second-order valence-electron chi connectivity index (χ2n) is 7.68. The monoisotopic (exact) mass is 499 g/mol. The molecule has 0 bridgehead atoms. The molecule has 3 fully saturated rings. The van der Waals surface area contributed by atoms with Gasteiger partial charge in [-0.2, -0.15) is 0 Å². The zero-order valence-corrected chi connectivity index (χ0v) is 20.8. The Morgan fingerprint density at radius 3 is 1.71 bits per heavy atom. The van der Waals surface area contributed by atoms with Crippen LogP contribution in [-0.4, -0.2) is 44.4 Å². The van der Waals surface area contributed by atoms with Gasteiger partial charge in [0.25, 0.3) is 0 Å². The van der Waals surface area contributed by atoms with Crippen molar-refractivity contribution in [1.29, 1.82) is 0 Å². The third kappa shape index (κ3) is 6.37. The summed E-state index contributed by atoms with van der Waals surface area (Å²) in [6.07, 6.45) is 20.5. The van der Waals surface area contributed by atoms with Crippen LogP contribution in [-0.2, 0) is 17.1 Å². The molecule has 3 aliphatic rings. The van der Waals surface area contributed by atoms with Crippen LogP contribution < -0.4 is 19.1 Å². The molecule has 176 valence electrons. The van der Waals surface area contributed by atoms with Crippen molar-refractivity contribution in [2.24, 2.45) is 0 Å². The second-order valence-corrected chi connectivity index (χ2v) is 7.68. The van der Waals surface area contributed by atoms with E-state index in [0.717, 1.165) is 41.9 Å². The van der Waals surface area contributed by atoms with E-state index in [1.165, 1.54) is 12.8 Å². The van der Waals surface area contributed by atoms with Crippen LogP contribution in [0.3, 0.4) is 0 Å². The summed E-state index contributed by atoms with van der Waals surface area (Å²) in [5.74, 6) is 3.62. The van der Waals surface area contributed by atoms with Crippen LogP contribution in [0.5, 0.6) is 17.2 Å². The smallest absolute Gasteiger partial charge is 0.493 e. The Bertz CT molecular complexity index is 841. The Labute approximate surface area is 215 Å².